The lowest BCUT2D eigenvalue weighted by atomic mass is 9.81. The minimum atomic E-state index is -0.162. The lowest BCUT2D eigenvalue weighted by Crippen LogP contribution is -2.15. The molecule has 1 aliphatic carbocycles. The molecule has 1 heterocycles. The van der Waals surface area contributed by atoms with Crippen molar-refractivity contribution in [3.63, 3.8) is 0 Å². The van der Waals surface area contributed by atoms with Gasteiger partial charge in [-0.05, 0) is 57.6 Å². The zero-order valence-corrected chi connectivity index (χ0v) is 22.8. The molecule has 41 heavy (non-hydrogen) atoms. The highest BCUT2D eigenvalue weighted by Gasteiger charge is 2.35. The van der Waals surface area contributed by atoms with Crippen LogP contribution in [0, 0.1) is 11.3 Å². The van der Waals surface area contributed by atoms with Crippen molar-refractivity contribution in [1.82, 2.24) is 15.0 Å². The molecule has 6 aromatic rings. The summed E-state index contributed by atoms with van der Waals surface area (Å²) in [6.45, 7) is 4.46. The normalized spacial score (nSPS) is 12.8. The minimum absolute atomic E-state index is 0.162. The Morgan fingerprint density at radius 2 is 1.05 bits per heavy atom. The molecule has 0 saturated carbocycles. The zero-order valence-electron chi connectivity index (χ0n) is 22.8. The largest absolute Gasteiger partial charge is 0.208 e. The molecule has 0 bridgehead atoms. The average Bonchev–Trinajstić information content (AvgIpc) is 3.27. The van der Waals surface area contributed by atoms with E-state index in [0.29, 0.717) is 23.0 Å². The molecule has 0 aliphatic heterocycles. The monoisotopic (exact) mass is 526 g/mol. The second-order valence-electron chi connectivity index (χ2n) is 10.9. The maximum absolute atomic E-state index is 9.47. The number of nitrogens with zero attached hydrogens (tertiary/aromatic N) is 4. The van der Waals surface area contributed by atoms with Crippen LogP contribution in [0.5, 0.6) is 0 Å². The van der Waals surface area contributed by atoms with Gasteiger partial charge in [0.05, 0.1) is 11.6 Å². The Morgan fingerprint density at radius 3 is 1.68 bits per heavy atom. The summed E-state index contributed by atoms with van der Waals surface area (Å²) >= 11 is 0. The Balaban J connectivity index is 1.34. The molecule has 0 fully saturated rings. The van der Waals surface area contributed by atoms with Crippen LogP contribution in [-0.2, 0) is 5.41 Å². The van der Waals surface area contributed by atoms with E-state index in [1.54, 1.807) is 0 Å². The first-order valence-corrected chi connectivity index (χ1v) is 13.7. The summed E-state index contributed by atoms with van der Waals surface area (Å²) in [6.07, 6.45) is 0. The molecule has 0 saturated heterocycles. The van der Waals surface area contributed by atoms with Gasteiger partial charge in [0.1, 0.15) is 0 Å². The summed E-state index contributed by atoms with van der Waals surface area (Å²) in [5.41, 5.74) is 10.5. The van der Waals surface area contributed by atoms with Gasteiger partial charge < -0.3 is 0 Å². The molecule has 7 rings (SSSR count). The SMILES string of the molecule is CC1(C)c2ccc(-c3cccc(-c4nc(-c5ccccc5)nc(-c5ccccc5)n4)c3)cc2-c2ccc(C#N)cc21. The third-order valence-corrected chi connectivity index (χ3v) is 7.96. The van der Waals surface area contributed by atoms with Crippen molar-refractivity contribution in [3.8, 4) is 62.5 Å². The van der Waals surface area contributed by atoms with Crippen LogP contribution < -0.4 is 0 Å². The smallest absolute Gasteiger partial charge is 0.164 e. The van der Waals surface area contributed by atoms with Crippen LogP contribution >= 0.6 is 0 Å². The summed E-state index contributed by atoms with van der Waals surface area (Å²) in [6, 6.07) is 43.5. The number of fused-ring (bicyclic) bond motifs is 3. The van der Waals surface area contributed by atoms with Gasteiger partial charge in [-0.1, -0.05) is 111 Å². The Bertz CT molecular complexity index is 1910. The molecule has 4 heteroatoms. The predicted octanol–water partition coefficient (Wildman–Crippen LogP) is 8.72. The lowest BCUT2D eigenvalue weighted by Gasteiger charge is -2.21. The van der Waals surface area contributed by atoms with Gasteiger partial charge in [-0.3, -0.25) is 0 Å². The zero-order chi connectivity index (χ0) is 28.0. The maximum atomic E-state index is 9.47. The molecule has 0 N–H and O–H groups in total. The van der Waals surface area contributed by atoms with Crippen LogP contribution in [0.15, 0.2) is 121 Å². The maximum Gasteiger partial charge on any atom is 0.164 e. The second-order valence-corrected chi connectivity index (χ2v) is 10.9. The van der Waals surface area contributed by atoms with Crippen LogP contribution in [-0.4, -0.2) is 15.0 Å². The van der Waals surface area contributed by atoms with Crippen molar-refractivity contribution in [2.75, 3.05) is 0 Å². The van der Waals surface area contributed by atoms with Crippen LogP contribution in [0.1, 0.15) is 30.5 Å². The number of hydrogen-bond acceptors (Lipinski definition) is 4. The molecule has 0 unspecified atom stereocenters. The quantitative estimate of drug-likeness (QED) is 0.230. The lowest BCUT2D eigenvalue weighted by molar-refractivity contribution is 0.660. The van der Waals surface area contributed by atoms with Crippen molar-refractivity contribution < 1.29 is 0 Å². The second kappa shape index (κ2) is 9.66. The Labute approximate surface area is 239 Å². The highest BCUT2D eigenvalue weighted by Crippen LogP contribution is 2.50. The van der Waals surface area contributed by atoms with Crippen molar-refractivity contribution >= 4 is 0 Å². The minimum Gasteiger partial charge on any atom is -0.208 e. The van der Waals surface area contributed by atoms with E-state index >= 15 is 0 Å². The van der Waals surface area contributed by atoms with E-state index in [1.807, 2.05) is 72.8 Å². The molecule has 0 spiro atoms. The standard InChI is InChI=1S/C37H26N4/c1-37(2)32-19-17-28(22-31(32)30-18-16-24(23-38)20-33(30)37)27-14-9-15-29(21-27)36-40-34(25-10-5-3-6-11-25)39-35(41-36)26-12-7-4-8-13-26/h3-22H,1-2H3. The van der Waals surface area contributed by atoms with Crippen molar-refractivity contribution in [2.45, 2.75) is 19.3 Å². The molecule has 1 aliphatic rings. The van der Waals surface area contributed by atoms with E-state index in [4.69, 9.17) is 15.0 Å². The molecule has 1 aromatic heterocycles. The average molecular weight is 527 g/mol. The third-order valence-electron chi connectivity index (χ3n) is 7.96. The topological polar surface area (TPSA) is 62.5 Å². The fourth-order valence-corrected chi connectivity index (χ4v) is 5.78. The fourth-order valence-electron chi connectivity index (χ4n) is 5.78. The number of aromatic nitrogens is 3. The molecular weight excluding hydrogens is 500 g/mol. The van der Waals surface area contributed by atoms with Crippen molar-refractivity contribution in [1.29, 1.82) is 5.26 Å². The summed E-state index contributed by atoms with van der Waals surface area (Å²) in [7, 11) is 0. The summed E-state index contributed by atoms with van der Waals surface area (Å²) in [5.74, 6) is 1.93. The number of nitriles is 1. The fraction of sp³-hybridized carbons (Fsp3) is 0.0811. The van der Waals surface area contributed by atoms with E-state index in [-0.39, 0.29) is 5.41 Å². The van der Waals surface area contributed by atoms with Gasteiger partial charge in [0.2, 0.25) is 0 Å². The first kappa shape index (κ1) is 24.6. The van der Waals surface area contributed by atoms with Crippen molar-refractivity contribution in [2.24, 2.45) is 0 Å². The predicted molar refractivity (Wildman–Crippen MR) is 164 cm³/mol. The first-order valence-electron chi connectivity index (χ1n) is 13.7. The van der Waals surface area contributed by atoms with Crippen LogP contribution in [0.4, 0.5) is 0 Å². The summed E-state index contributed by atoms with van der Waals surface area (Å²) < 4.78 is 0. The molecule has 194 valence electrons. The molecular formula is C37H26N4. The van der Waals surface area contributed by atoms with Gasteiger partial charge in [-0.15, -0.1) is 0 Å². The van der Waals surface area contributed by atoms with Gasteiger partial charge >= 0.3 is 0 Å². The van der Waals surface area contributed by atoms with E-state index in [9.17, 15) is 5.26 Å². The van der Waals surface area contributed by atoms with E-state index in [1.165, 1.54) is 22.3 Å². The van der Waals surface area contributed by atoms with Gasteiger partial charge in [-0.2, -0.15) is 5.26 Å². The van der Waals surface area contributed by atoms with E-state index in [0.717, 1.165) is 27.8 Å². The van der Waals surface area contributed by atoms with E-state index in [2.05, 4.69) is 68.4 Å². The molecule has 0 amide bonds. The number of hydrogen-bond donors (Lipinski definition) is 0. The highest BCUT2D eigenvalue weighted by molar-refractivity contribution is 5.85. The molecule has 0 atom stereocenters. The van der Waals surface area contributed by atoms with Crippen LogP contribution in [0.3, 0.4) is 0 Å². The number of rotatable bonds is 4. The van der Waals surface area contributed by atoms with Gasteiger partial charge in [0, 0.05) is 22.1 Å². The molecule has 0 radical (unpaired) electrons. The third kappa shape index (κ3) is 4.29. The van der Waals surface area contributed by atoms with Gasteiger partial charge in [0.25, 0.3) is 0 Å². The van der Waals surface area contributed by atoms with Gasteiger partial charge in [-0.25, -0.2) is 15.0 Å². The number of benzene rings is 5. The first-order chi connectivity index (χ1) is 20.0. The van der Waals surface area contributed by atoms with Crippen LogP contribution in [0.25, 0.3) is 56.4 Å². The Kier molecular flexibility index (Phi) is 5.80. The highest BCUT2D eigenvalue weighted by atomic mass is 15.0. The molecule has 5 aromatic carbocycles. The Hall–Kier alpha value is -5.40. The summed E-state index contributed by atoms with van der Waals surface area (Å²) in [4.78, 5) is 14.6. The van der Waals surface area contributed by atoms with Crippen molar-refractivity contribution in [3.05, 3.63) is 138 Å². The Morgan fingerprint density at radius 1 is 0.488 bits per heavy atom. The summed E-state index contributed by atoms with van der Waals surface area (Å²) in [5, 5.41) is 9.47. The van der Waals surface area contributed by atoms with E-state index < -0.39 is 0 Å². The van der Waals surface area contributed by atoms with Gasteiger partial charge in [0.15, 0.2) is 17.5 Å². The van der Waals surface area contributed by atoms with Crippen LogP contribution in [0.2, 0.25) is 0 Å². The molecule has 4 nitrogen and oxygen atoms in total.